The molecule has 1 aromatic rings. The summed E-state index contributed by atoms with van der Waals surface area (Å²) in [5.74, 6) is 2.38. The van der Waals surface area contributed by atoms with Crippen molar-refractivity contribution < 1.29 is 9.53 Å². The van der Waals surface area contributed by atoms with Crippen molar-refractivity contribution in [2.75, 3.05) is 18.9 Å². The summed E-state index contributed by atoms with van der Waals surface area (Å²) in [7, 11) is 0. The molecule has 0 aliphatic carbocycles. The lowest BCUT2D eigenvalue weighted by molar-refractivity contribution is -0.128. The van der Waals surface area contributed by atoms with Gasteiger partial charge < -0.3 is 9.64 Å². The fourth-order valence-corrected chi connectivity index (χ4v) is 3.87. The number of hydrogen-bond donors (Lipinski definition) is 0. The lowest BCUT2D eigenvalue weighted by atomic mass is 10.1. The summed E-state index contributed by atoms with van der Waals surface area (Å²) in [6.07, 6.45) is 0.985. The van der Waals surface area contributed by atoms with E-state index >= 15 is 0 Å². The Labute approximate surface area is 118 Å². The van der Waals surface area contributed by atoms with Crippen molar-refractivity contribution in [3.63, 3.8) is 0 Å². The third kappa shape index (κ3) is 2.46. The smallest absolute Gasteiger partial charge is 0.233 e. The van der Waals surface area contributed by atoms with Gasteiger partial charge in [0.05, 0.1) is 12.4 Å². The molecule has 1 aromatic carbocycles. The van der Waals surface area contributed by atoms with E-state index in [1.54, 1.807) is 11.8 Å². The Kier molecular flexibility index (Phi) is 3.44. The van der Waals surface area contributed by atoms with Crippen LogP contribution in [0.4, 0.5) is 0 Å². The van der Waals surface area contributed by atoms with Crippen LogP contribution < -0.4 is 4.74 Å². The minimum absolute atomic E-state index is 0.181. The zero-order valence-electron chi connectivity index (χ0n) is 11.4. The van der Waals surface area contributed by atoms with Gasteiger partial charge in [-0.05, 0) is 29.2 Å². The van der Waals surface area contributed by atoms with Gasteiger partial charge in [-0.1, -0.05) is 19.9 Å². The first-order valence-corrected chi connectivity index (χ1v) is 7.86. The minimum atomic E-state index is 0.181. The van der Waals surface area contributed by atoms with E-state index in [9.17, 15) is 4.79 Å². The number of amides is 1. The lowest BCUT2D eigenvalue weighted by Gasteiger charge is -2.26. The Hall–Kier alpha value is -1.16. The Morgan fingerprint density at radius 1 is 1.47 bits per heavy atom. The van der Waals surface area contributed by atoms with Gasteiger partial charge in [-0.25, -0.2) is 0 Å². The maximum absolute atomic E-state index is 12.0. The molecule has 102 valence electrons. The first-order valence-electron chi connectivity index (χ1n) is 6.82. The van der Waals surface area contributed by atoms with Crippen molar-refractivity contribution >= 4 is 17.7 Å². The van der Waals surface area contributed by atoms with Crippen LogP contribution in [0.15, 0.2) is 18.2 Å². The number of benzene rings is 1. The van der Waals surface area contributed by atoms with Crippen LogP contribution in [0.25, 0.3) is 0 Å². The molecule has 2 heterocycles. The summed E-state index contributed by atoms with van der Waals surface area (Å²) in [5.41, 5.74) is 2.52. The molecule has 3 rings (SSSR count). The largest absolute Gasteiger partial charge is 0.493 e. The van der Waals surface area contributed by atoms with Gasteiger partial charge in [-0.15, -0.1) is 11.8 Å². The molecule has 1 unspecified atom stereocenters. The molecule has 19 heavy (non-hydrogen) atoms. The molecule has 0 radical (unpaired) electrons. The van der Waals surface area contributed by atoms with Gasteiger partial charge in [0.15, 0.2) is 0 Å². The van der Waals surface area contributed by atoms with Crippen molar-refractivity contribution in [1.29, 1.82) is 0 Å². The standard InChI is InChI=1S/C15H19NO2S/c1-10(2)8-16-14(17)9-19-15(16)12-3-4-13-11(7-12)5-6-18-13/h3-4,7,10,15H,5-6,8-9H2,1-2H3. The van der Waals surface area contributed by atoms with Gasteiger partial charge in [0.2, 0.25) is 5.91 Å². The normalized spacial score (nSPS) is 21.9. The SMILES string of the molecule is CC(C)CN1C(=O)CSC1c1ccc2c(c1)CCO2. The van der Waals surface area contributed by atoms with E-state index in [0.29, 0.717) is 11.7 Å². The number of rotatable bonds is 3. The Bertz CT molecular complexity index is 501. The van der Waals surface area contributed by atoms with Gasteiger partial charge in [0.1, 0.15) is 11.1 Å². The molecule has 0 aromatic heterocycles. The van der Waals surface area contributed by atoms with E-state index in [2.05, 4.69) is 32.0 Å². The molecule has 0 saturated carbocycles. The first kappa shape index (κ1) is 12.9. The summed E-state index contributed by atoms with van der Waals surface area (Å²) in [6, 6.07) is 6.37. The van der Waals surface area contributed by atoms with Crippen molar-refractivity contribution in [3.8, 4) is 5.75 Å². The van der Waals surface area contributed by atoms with E-state index in [-0.39, 0.29) is 11.3 Å². The highest BCUT2D eigenvalue weighted by atomic mass is 32.2. The monoisotopic (exact) mass is 277 g/mol. The molecule has 2 aliphatic heterocycles. The highest BCUT2D eigenvalue weighted by Gasteiger charge is 2.33. The lowest BCUT2D eigenvalue weighted by Crippen LogP contribution is -2.31. The molecular weight excluding hydrogens is 258 g/mol. The maximum Gasteiger partial charge on any atom is 0.233 e. The average Bonchev–Trinajstić information content (AvgIpc) is 2.96. The number of carbonyl (C=O) groups is 1. The van der Waals surface area contributed by atoms with E-state index in [1.807, 2.05) is 4.90 Å². The van der Waals surface area contributed by atoms with E-state index in [4.69, 9.17) is 4.74 Å². The molecule has 3 nitrogen and oxygen atoms in total. The molecule has 1 amide bonds. The van der Waals surface area contributed by atoms with Crippen LogP contribution >= 0.6 is 11.8 Å². The molecule has 1 saturated heterocycles. The summed E-state index contributed by atoms with van der Waals surface area (Å²) >= 11 is 1.73. The summed E-state index contributed by atoms with van der Waals surface area (Å²) in [4.78, 5) is 14.0. The third-order valence-electron chi connectivity index (χ3n) is 3.53. The van der Waals surface area contributed by atoms with Crippen molar-refractivity contribution in [3.05, 3.63) is 29.3 Å². The van der Waals surface area contributed by atoms with Crippen LogP contribution in [0.2, 0.25) is 0 Å². The second-order valence-electron chi connectivity index (χ2n) is 5.57. The molecule has 0 bridgehead atoms. The van der Waals surface area contributed by atoms with E-state index in [1.165, 1.54) is 11.1 Å². The fourth-order valence-electron chi connectivity index (χ4n) is 2.68. The molecule has 0 N–H and O–H groups in total. The first-order chi connectivity index (χ1) is 9.15. The number of ether oxygens (including phenoxy) is 1. The summed E-state index contributed by atoms with van der Waals surface area (Å²) < 4.78 is 5.54. The zero-order valence-corrected chi connectivity index (χ0v) is 12.2. The number of fused-ring (bicyclic) bond motifs is 1. The number of carbonyl (C=O) groups excluding carboxylic acids is 1. The summed E-state index contributed by atoms with van der Waals surface area (Å²) in [5, 5.41) is 0.181. The minimum Gasteiger partial charge on any atom is -0.493 e. The quantitative estimate of drug-likeness (QED) is 0.851. The number of hydrogen-bond acceptors (Lipinski definition) is 3. The maximum atomic E-state index is 12.0. The highest BCUT2D eigenvalue weighted by Crippen LogP contribution is 2.40. The Morgan fingerprint density at radius 3 is 3.11 bits per heavy atom. The topological polar surface area (TPSA) is 29.5 Å². The van der Waals surface area contributed by atoms with Crippen LogP contribution in [-0.2, 0) is 11.2 Å². The molecule has 1 atom stereocenters. The predicted molar refractivity (Wildman–Crippen MR) is 77.4 cm³/mol. The van der Waals surface area contributed by atoms with Gasteiger partial charge in [-0.2, -0.15) is 0 Å². The van der Waals surface area contributed by atoms with Gasteiger partial charge in [-0.3, -0.25) is 4.79 Å². The molecule has 2 aliphatic rings. The Balaban J connectivity index is 1.86. The van der Waals surface area contributed by atoms with Gasteiger partial charge in [0, 0.05) is 13.0 Å². The fraction of sp³-hybridized carbons (Fsp3) is 0.533. The molecular formula is C15H19NO2S. The van der Waals surface area contributed by atoms with Crippen LogP contribution in [-0.4, -0.2) is 29.7 Å². The number of nitrogens with zero attached hydrogens (tertiary/aromatic N) is 1. The van der Waals surface area contributed by atoms with Gasteiger partial charge >= 0.3 is 0 Å². The third-order valence-corrected chi connectivity index (χ3v) is 4.78. The van der Waals surface area contributed by atoms with Crippen LogP contribution in [0.5, 0.6) is 5.75 Å². The van der Waals surface area contributed by atoms with E-state index in [0.717, 1.165) is 25.3 Å². The second-order valence-corrected chi connectivity index (χ2v) is 6.64. The van der Waals surface area contributed by atoms with E-state index < -0.39 is 0 Å². The Morgan fingerprint density at radius 2 is 2.32 bits per heavy atom. The van der Waals surface area contributed by atoms with Crippen molar-refractivity contribution in [2.24, 2.45) is 5.92 Å². The van der Waals surface area contributed by atoms with Crippen molar-refractivity contribution in [2.45, 2.75) is 25.6 Å². The molecule has 0 spiro atoms. The van der Waals surface area contributed by atoms with Crippen molar-refractivity contribution in [1.82, 2.24) is 4.90 Å². The summed E-state index contributed by atoms with van der Waals surface area (Å²) in [6.45, 7) is 5.93. The van der Waals surface area contributed by atoms with Crippen LogP contribution in [0, 0.1) is 5.92 Å². The van der Waals surface area contributed by atoms with Crippen LogP contribution in [0.1, 0.15) is 30.3 Å². The number of thioether (sulfide) groups is 1. The molecule has 1 fully saturated rings. The zero-order chi connectivity index (χ0) is 13.4. The molecule has 4 heteroatoms. The van der Waals surface area contributed by atoms with Crippen LogP contribution in [0.3, 0.4) is 0 Å². The van der Waals surface area contributed by atoms with Gasteiger partial charge in [0.25, 0.3) is 0 Å². The highest BCUT2D eigenvalue weighted by molar-refractivity contribution is 8.00. The predicted octanol–water partition coefficient (Wildman–Crippen LogP) is 2.85. The average molecular weight is 277 g/mol. The second kappa shape index (κ2) is 5.08.